The van der Waals surface area contributed by atoms with Crippen LogP contribution in [0.2, 0.25) is 0 Å². The first-order valence-electron chi connectivity index (χ1n) is 7.38. The number of amides is 2. The molecule has 1 fully saturated rings. The number of carboxylic acids is 1. The van der Waals surface area contributed by atoms with Gasteiger partial charge < -0.3 is 20.5 Å². The van der Waals surface area contributed by atoms with E-state index >= 15 is 0 Å². The number of nitrogens with one attached hydrogen (secondary N) is 2. The molecule has 0 aromatic heterocycles. The molecule has 0 radical (unpaired) electrons. The van der Waals surface area contributed by atoms with Crippen molar-refractivity contribution in [3.05, 3.63) is 35.4 Å². The normalized spacial score (nSPS) is 20.2. The first-order chi connectivity index (χ1) is 11.2. The Hall–Kier alpha value is -1.51. The van der Waals surface area contributed by atoms with Gasteiger partial charge in [-0.2, -0.15) is 0 Å². The van der Waals surface area contributed by atoms with Gasteiger partial charge in [0.1, 0.15) is 17.2 Å². The van der Waals surface area contributed by atoms with E-state index in [1.165, 1.54) is 0 Å². The molecule has 1 aromatic rings. The number of rotatable bonds is 6. The van der Waals surface area contributed by atoms with Gasteiger partial charge in [0, 0.05) is 25.0 Å². The second-order valence-corrected chi connectivity index (χ2v) is 6.24. The number of carbonyl (C=O) groups is 3. The van der Waals surface area contributed by atoms with Crippen molar-refractivity contribution in [1.29, 1.82) is 0 Å². The summed E-state index contributed by atoms with van der Waals surface area (Å²) in [4.78, 5) is 34.6. The van der Waals surface area contributed by atoms with Gasteiger partial charge in [0.15, 0.2) is 0 Å². The first-order valence-corrected chi connectivity index (χ1v) is 7.38. The van der Waals surface area contributed by atoms with Gasteiger partial charge in [0.25, 0.3) is 5.91 Å². The van der Waals surface area contributed by atoms with Crippen molar-refractivity contribution < 1.29 is 57.8 Å². The third-order valence-corrected chi connectivity index (χ3v) is 4.26. The summed E-state index contributed by atoms with van der Waals surface area (Å²) in [6.45, 7) is 3.26. The van der Waals surface area contributed by atoms with Crippen LogP contribution in [0.4, 0.5) is 8.78 Å². The monoisotopic (exact) mass is 362 g/mol. The maximum absolute atomic E-state index is 13.4. The van der Waals surface area contributed by atoms with Crippen LogP contribution < -0.4 is 45.3 Å². The van der Waals surface area contributed by atoms with Crippen molar-refractivity contribution in [3.63, 3.8) is 0 Å². The fraction of sp³-hybridized carbons (Fsp3) is 0.438. The third-order valence-electron chi connectivity index (χ3n) is 4.26. The molecule has 9 heteroatoms. The number of carbonyl (C=O) groups excluding carboxylic acids is 3. The molecule has 25 heavy (non-hydrogen) atoms. The smallest absolute Gasteiger partial charge is 0.550 e. The van der Waals surface area contributed by atoms with E-state index < -0.39 is 52.2 Å². The SMILES string of the molecule is CC1(C)[C@H](C(=O)[O-])[C@@H]1C(=O)NCCNC(=O)c1c(F)cccc1F.[Na+]. The Morgan fingerprint density at radius 2 is 1.60 bits per heavy atom. The van der Waals surface area contributed by atoms with Gasteiger partial charge in [-0.15, -0.1) is 0 Å². The molecule has 2 atom stereocenters. The van der Waals surface area contributed by atoms with E-state index in [4.69, 9.17) is 0 Å². The summed E-state index contributed by atoms with van der Waals surface area (Å²) < 4.78 is 26.8. The maximum Gasteiger partial charge on any atom is 1.00 e. The molecule has 1 aliphatic rings. The quantitative estimate of drug-likeness (QED) is 0.412. The fourth-order valence-corrected chi connectivity index (χ4v) is 2.84. The maximum atomic E-state index is 13.4. The summed E-state index contributed by atoms with van der Waals surface area (Å²) in [5, 5.41) is 15.7. The minimum atomic E-state index is -1.27. The molecule has 0 spiro atoms. The molecule has 0 aliphatic heterocycles. The van der Waals surface area contributed by atoms with E-state index in [9.17, 15) is 28.3 Å². The zero-order valence-corrected chi connectivity index (χ0v) is 16.2. The Morgan fingerprint density at radius 1 is 1.08 bits per heavy atom. The first kappa shape index (κ1) is 21.5. The Labute approximate surface area is 165 Å². The van der Waals surface area contributed by atoms with Crippen LogP contribution in [-0.4, -0.2) is 30.9 Å². The molecule has 1 saturated carbocycles. The number of carboxylic acid groups (broad SMARTS) is 1. The van der Waals surface area contributed by atoms with E-state index in [0.29, 0.717) is 0 Å². The molecule has 0 bridgehead atoms. The molecule has 0 saturated heterocycles. The van der Waals surface area contributed by atoms with Crippen LogP contribution in [0.25, 0.3) is 0 Å². The molecule has 2 N–H and O–H groups in total. The average molecular weight is 362 g/mol. The van der Waals surface area contributed by atoms with Gasteiger partial charge >= 0.3 is 29.6 Å². The number of hydrogen-bond donors (Lipinski definition) is 2. The largest absolute Gasteiger partial charge is 1.00 e. The van der Waals surface area contributed by atoms with Gasteiger partial charge in [-0.25, -0.2) is 8.78 Å². The number of aliphatic carboxylic acids is 1. The topological polar surface area (TPSA) is 98.3 Å². The molecular formula is C16H17F2N2NaO4. The molecule has 0 heterocycles. The van der Waals surface area contributed by atoms with Crippen molar-refractivity contribution in [3.8, 4) is 0 Å². The Kier molecular flexibility index (Phi) is 7.10. The number of hydrogen-bond acceptors (Lipinski definition) is 4. The minimum Gasteiger partial charge on any atom is -0.550 e. The number of halogens is 2. The van der Waals surface area contributed by atoms with Crippen LogP contribution in [0, 0.1) is 28.9 Å². The summed E-state index contributed by atoms with van der Waals surface area (Å²) in [5.74, 6) is -6.16. The van der Waals surface area contributed by atoms with Crippen LogP contribution in [0.1, 0.15) is 24.2 Å². The van der Waals surface area contributed by atoms with Crippen molar-refractivity contribution in [2.45, 2.75) is 13.8 Å². The Morgan fingerprint density at radius 3 is 2.08 bits per heavy atom. The van der Waals surface area contributed by atoms with Gasteiger partial charge in [0.2, 0.25) is 5.91 Å². The molecular weight excluding hydrogens is 345 g/mol. The van der Waals surface area contributed by atoms with Crippen LogP contribution in [0.15, 0.2) is 18.2 Å². The van der Waals surface area contributed by atoms with Crippen LogP contribution in [0.5, 0.6) is 0 Å². The van der Waals surface area contributed by atoms with E-state index in [-0.39, 0.29) is 42.6 Å². The fourth-order valence-electron chi connectivity index (χ4n) is 2.84. The second kappa shape index (κ2) is 8.25. The average Bonchev–Trinajstić information content (AvgIpc) is 3.06. The standard InChI is InChI=1S/C16H18F2N2O4.Na/c1-16(2)11(12(16)15(23)24)14(22)20-7-6-19-13(21)10-8(17)4-3-5-9(10)18;/h3-5,11-12H,6-7H2,1-2H3,(H,19,21)(H,20,22)(H,23,24);/q;+1/p-1/t11-,12+;/m1./s1. The van der Waals surface area contributed by atoms with Gasteiger partial charge in [-0.3, -0.25) is 9.59 Å². The molecule has 1 aliphatic carbocycles. The molecule has 1 aromatic carbocycles. The summed E-state index contributed by atoms with van der Waals surface area (Å²) in [5.41, 5.74) is -1.37. The van der Waals surface area contributed by atoms with E-state index in [2.05, 4.69) is 10.6 Å². The predicted octanol–water partition coefficient (Wildman–Crippen LogP) is -3.16. The number of benzene rings is 1. The molecule has 6 nitrogen and oxygen atoms in total. The van der Waals surface area contributed by atoms with Crippen LogP contribution in [0.3, 0.4) is 0 Å². The second-order valence-electron chi connectivity index (χ2n) is 6.24. The predicted molar refractivity (Wildman–Crippen MR) is 77.5 cm³/mol. The zero-order chi connectivity index (χ0) is 18.1. The van der Waals surface area contributed by atoms with Crippen molar-refractivity contribution in [2.75, 3.05) is 13.1 Å². The Bertz CT molecular complexity index is 676. The molecule has 0 unspecified atom stereocenters. The van der Waals surface area contributed by atoms with E-state index in [1.54, 1.807) is 13.8 Å². The summed E-state index contributed by atoms with van der Waals surface area (Å²) >= 11 is 0. The summed E-state index contributed by atoms with van der Waals surface area (Å²) in [7, 11) is 0. The minimum absolute atomic E-state index is 0. The summed E-state index contributed by atoms with van der Waals surface area (Å²) in [6.07, 6.45) is 0. The van der Waals surface area contributed by atoms with Crippen molar-refractivity contribution in [1.82, 2.24) is 10.6 Å². The van der Waals surface area contributed by atoms with Gasteiger partial charge in [-0.1, -0.05) is 19.9 Å². The van der Waals surface area contributed by atoms with Crippen molar-refractivity contribution >= 4 is 17.8 Å². The van der Waals surface area contributed by atoms with Gasteiger partial charge in [0.05, 0.1) is 5.92 Å². The molecule has 130 valence electrons. The third kappa shape index (κ3) is 4.56. The zero-order valence-electron chi connectivity index (χ0n) is 14.2. The van der Waals surface area contributed by atoms with Gasteiger partial charge in [-0.05, 0) is 17.5 Å². The molecule has 2 amide bonds. The Balaban J connectivity index is 0.00000312. The molecule has 2 rings (SSSR count). The van der Waals surface area contributed by atoms with Crippen molar-refractivity contribution in [2.24, 2.45) is 17.3 Å². The van der Waals surface area contributed by atoms with Crippen LogP contribution >= 0.6 is 0 Å². The summed E-state index contributed by atoms with van der Waals surface area (Å²) in [6, 6.07) is 3.08. The van der Waals surface area contributed by atoms with E-state index in [0.717, 1.165) is 18.2 Å². The van der Waals surface area contributed by atoms with Crippen LogP contribution in [-0.2, 0) is 9.59 Å². The van der Waals surface area contributed by atoms with E-state index in [1.807, 2.05) is 0 Å².